The topological polar surface area (TPSA) is 110 Å². The van der Waals surface area contributed by atoms with Crippen LogP contribution < -0.4 is 5.32 Å². The van der Waals surface area contributed by atoms with Gasteiger partial charge in [0.1, 0.15) is 12.3 Å². The Kier molecular flexibility index (Phi) is 6.95. The third-order valence-electron chi connectivity index (χ3n) is 8.57. The van der Waals surface area contributed by atoms with E-state index in [-0.39, 0.29) is 24.8 Å². The molecule has 0 spiro atoms. The Morgan fingerprint density at radius 2 is 1.57 bits per heavy atom. The molecule has 6 rings (SSSR count). The molecule has 0 atom stereocenters. The van der Waals surface area contributed by atoms with Crippen LogP contribution >= 0.6 is 0 Å². The number of aromatic amines is 1. The molecule has 1 fully saturated rings. The molecule has 4 aromatic rings. The van der Waals surface area contributed by atoms with Gasteiger partial charge in [0.15, 0.2) is 0 Å². The Morgan fingerprint density at radius 3 is 2.19 bits per heavy atom. The SMILES string of the molecule is CC1(C)OB(C(=Cc2ccc3cc(C(=O)O)[nH]c3c2)CNC(=O)OCC2c3ccccc3-c3ccccc32)OC1(C)C. The number of ether oxygens (including phenoxy) is 1. The highest BCUT2D eigenvalue weighted by Gasteiger charge is 2.52. The summed E-state index contributed by atoms with van der Waals surface area (Å²) in [6.07, 6.45) is 1.36. The summed E-state index contributed by atoms with van der Waals surface area (Å²) in [5.41, 5.74) is 5.82. The number of carboxylic acids is 1. The number of carbonyl (C=O) groups excluding carboxylic acids is 1. The Labute approximate surface area is 244 Å². The van der Waals surface area contributed by atoms with Crippen molar-refractivity contribution >= 4 is 36.2 Å². The minimum Gasteiger partial charge on any atom is -0.477 e. The lowest BCUT2D eigenvalue weighted by Gasteiger charge is -2.32. The van der Waals surface area contributed by atoms with E-state index in [1.54, 1.807) is 6.07 Å². The van der Waals surface area contributed by atoms with Crippen LogP contribution in [0.1, 0.15) is 60.8 Å². The van der Waals surface area contributed by atoms with Crippen molar-refractivity contribution in [3.05, 3.63) is 101 Å². The number of nitrogens with one attached hydrogen (secondary N) is 2. The normalized spacial score (nSPS) is 17.2. The second-order valence-corrected chi connectivity index (χ2v) is 11.8. The summed E-state index contributed by atoms with van der Waals surface area (Å²) in [5.74, 6) is -1.06. The lowest BCUT2D eigenvalue weighted by Crippen LogP contribution is -2.41. The highest BCUT2D eigenvalue weighted by atomic mass is 16.7. The number of amides is 1. The van der Waals surface area contributed by atoms with Gasteiger partial charge in [0, 0.05) is 23.4 Å². The molecular formula is C33H33BN2O6. The molecule has 1 aliphatic heterocycles. The van der Waals surface area contributed by atoms with Crippen LogP contribution in [0.3, 0.4) is 0 Å². The summed E-state index contributed by atoms with van der Waals surface area (Å²) >= 11 is 0. The monoisotopic (exact) mass is 564 g/mol. The van der Waals surface area contributed by atoms with Crippen molar-refractivity contribution in [3.8, 4) is 11.1 Å². The number of H-pyrrole nitrogens is 1. The molecule has 1 aliphatic carbocycles. The average Bonchev–Trinajstić information content (AvgIpc) is 3.59. The summed E-state index contributed by atoms with van der Waals surface area (Å²) in [5, 5.41) is 13.0. The molecule has 1 aromatic heterocycles. The summed E-state index contributed by atoms with van der Waals surface area (Å²) in [4.78, 5) is 27.3. The molecule has 3 N–H and O–H groups in total. The number of alkyl carbamates (subject to hydrolysis) is 1. The van der Waals surface area contributed by atoms with Crippen molar-refractivity contribution in [1.82, 2.24) is 10.3 Å². The molecule has 214 valence electrons. The maximum atomic E-state index is 13.0. The fourth-order valence-electron chi connectivity index (χ4n) is 5.58. The summed E-state index contributed by atoms with van der Waals surface area (Å²) < 4.78 is 18.4. The van der Waals surface area contributed by atoms with Crippen LogP contribution in [0.25, 0.3) is 28.1 Å². The number of hydrogen-bond acceptors (Lipinski definition) is 5. The molecule has 42 heavy (non-hydrogen) atoms. The standard InChI is InChI=1S/C33H33BN2O6/c1-32(2)33(3,4)42-34(41-32)22(15-20-13-14-21-17-29(30(37)38)36-28(21)16-20)18-35-31(39)40-19-27-25-11-7-5-9-23(25)24-10-6-8-12-26(24)27/h5-17,27,36H,18-19H2,1-4H3,(H,35,39)(H,37,38). The first-order chi connectivity index (χ1) is 20.0. The number of hydrogen-bond donors (Lipinski definition) is 3. The molecular weight excluding hydrogens is 531 g/mol. The van der Waals surface area contributed by atoms with Crippen LogP contribution in [0, 0.1) is 0 Å². The second-order valence-electron chi connectivity index (χ2n) is 11.8. The van der Waals surface area contributed by atoms with Gasteiger partial charge in [-0.3, -0.25) is 0 Å². The van der Waals surface area contributed by atoms with Gasteiger partial charge < -0.3 is 29.5 Å². The van der Waals surface area contributed by atoms with Crippen molar-refractivity contribution in [2.75, 3.05) is 13.2 Å². The first kappa shape index (κ1) is 27.8. The fourth-order valence-corrected chi connectivity index (χ4v) is 5.58. The van der Waals surface area contributed by atoms with E-state index in [0.717, 1.165) is 22.1 Å². The fraction of sp³-hybridized carbons (Fsp3) is 0.273. The minimum atomic E-state index is -1.02. The lowest BCUT2D eigenvalue weighted by molar-refractivity contribution is 0.00578. The first-order valence-electron chi connectivity index (χ1n) is 14.0. The Hall–Kier alpha value is -4.34. The zero-order valence-electron chi connectivity index (χ0n) is 24.1. The van der Waals surface area contributed by atoms with Gasteiger partial charge in [0.2, 0.25) is 0 Å². The zero-order chi connectivity index (χ0) is 29.6. The molecule has 0 saturated carbocycles. The maximum absolute atomic E-state index is 13.0. The average molecular weight is 564 g/mol. The minimum absolute atomic E-state index is 0.0375. The van der Waals surface area contributed by atoms with E-state index < -0.39 is 30.4 Å². The zero-order valence-corrected chi connectivity index (χ0v) is 24.1. The second kappa shape index (κ2) is 10.5. The predicted octanol–water partition coefficient (Wildman–Crippen LogP) is 6.42. The smallest absolute Gasteiger partial charge is 0.477 e. The van der Waals surface area contributed by atoms with E-state index in [4.69, 9.17) is 14.0 Å². The summed E-state index contributed by atoms with van der Waals surface area (Å²) in [7, 11) is -0.696. The van der Waals surface area contributed by atoms with Gasteiger partial charge in [-0.1, -0.05) is 66.7 Å². The van der Waals surface area contributed by atoms with Crippen molar-refractivity contribution in [3.63, 3.8) is 0 Å². The number of fused-ring (bicyclic) bond motifs is 4. The van der Waals surface area contributed by atoms with Gasteiger partial charge >= 0.3 is 19.2 Å². The van der Waals surface area contributed by atoms with Crippen molar-refractivity contribution in [1.29, 1.82) is 0 Å². The van der Waals surface area contributed by atoms with E-state index in [2.05, 4.69) is 34.6 Å². The van der Waals surface area contributed by atoms with Gasteiger partial charge in [0.25, 0.3) is 0 Å². The Balaban J connectivity index is 1.20. The van der Waals surface area contributed by atoms with Crippen molar-refractivity contribution in [2.45, 2.75) is 44.8 Å². The first-order valence-corrected chi connectivity index (χ1v) is 14.0. The highest BCUT2D eigenvalue weighted by molar-refractivity contribution is 6.56. The maximum Gasteiger partial charge on any atom is 0.492 e. The molecule has 9 heteroatoms. The molecule has 0 bridgehead atoms. The number of aromatic nitrogens is 1. The quantitative estimate of drug-likeness (QED) is 0.224. The van der Waals surface area contributed by atoms with Gasteiger partial charge in [-0.25, -0.2) is 9.59 Å². The van der Waals surface area contributed by atoms with E-state index in [9.17, 15) is 14.7 Å². The Bertz CT molecular complexity index is 1660. The van der Waals surface area contributed by atoms with Gasteiger partial charge in [-0.05, 0) is 73.1 Å². The molecule has 2 heterocycles. The van der Waals surface area contributed by atoms with Crippen molar-refractivity contribution in [2.24, 2.45) is 0 Å². The highest BCUT2D eigenvalue weighted by Crippen LogP contribution is 2.44. The van der Waals surface area contributed by atoms with Crippen LogP contribution in [0.5, 0.6) is 0 Å². The number of benzene rings is 3. The van der Waals surface area contributed by atoms with Crippen LogP contribution in [0.4, 0.5) is 4.79 Å². The third kappa shape index (κ3) is 5.10. The van der Waals surface area contributed by atoms with Crippen LogP contribution in [0.2, 0.25) is 0 Å². The molecule has 1 saturated heterocycles. The number of aromatic carboxylic acids is 1. The summed E-state index contributed by atoms with van der Waals surface area (Å²) in [6, 6.07) is 23.6. The van der Waals surface area contributed by atoms with E-state index >= 15 is 0 Å². The van der Waals surface area contributed by atoms with Gasteiger partial charge in [-0.2, -0.15) is 0 Å². The van der Waals surface area contributed by atoms with Gasteiger partial charge in [-0.15, -0.1) is 0 Å². The number of carboxylic acid groups (broad SMARTS) is 1. The van der Waals surface area contributed by atoms with E-state index in [0.29, 0.717) is 11.0 Å². The summed E-state index contributed by atoms with van der Waals surface area (Å²) in [6.45, 7) is 8.25. The molecule has 0 unspecified atom stereocenters. The van der Waals surface area contributed by atoms with Crippen LogP contribution in [-0.2, 0) is 14.0 Å². The number of rotatable bonds is 7. The molecule has 8 nitrogen and oxygen atoms in total. The van der Waals surface area contributed by atoms with E-state index in [1.807, 2.05) is 76.2 Å². The molecule has 1 amide bonds. The third-order valence-corrected chi connectivity index (χ3v) is 8.57. The van der Waals surface area contributed by atoms with Gasteiger partial charge in [0.05, 0.1) is 11.2 Å². The van der Waals surface area contributed by atoms with Crippen LogP contribution in [0.15, 0.2) is 78.3 Å². The molecule has 2 aliphatic rings. The van der Waals surface area contributed by atoms with Crippen molar-refractivity contribution < 1.29 is 28.7 Å². The Morgan fingerprint density at radius 1 is 0.952 bits per heavy atom. The number of carbonyl (C=O) groups is 2. The molecule has 3 aromatic carbocycles. The predicted molar refractivity (Wildman–Crippen MR) is 162 cm³/mol. The lowest BCUT2D eigenvalue weighted by atomic mass is 9.77. The largest absolute Gasteiger partial charge is 0.492 e. The van der Waals surface area contributed by atoms with E-state index in [1.165, 1.54) is 11.1 Å². The van der Waals surface area contributed by atoms with Crippen LogP contribution in [-0.4, -0.2) is 53.6 Å². The molecule has 0 radical (unpaired) electrons.